The minimum atomic E-state index is -0.636. The van der Waals surface area contributed by atoms with Crippen LogP contribution in [-0.4, -0.2) is 22.5 Å². The molecule has 0 unspecified atom stereocenters. The maximum atomic E-state index is 14.2. The molecular formula is C26H23F2N3O2. The molecule has 7 heteroatoms. The first kappa shape index (κ1) is 21.1. The van der Waals surface area contributed by atoms with Gasteiger partial charge in [0, 0.05) is 23.9 Å². The number of carbonyl (C=O) groups is 1. The fourth-order valence-electron chi connectivity index (χ4n) is 4.26. The van der Waals surface area contributed by atoms with Gasteiger partial charge in [0.25, 0.3) is 0 Å². The summed E-state index contributed by atoms with van der Waals surface area (Å²) in [5, 5.41) is 2.97. The number of urea groups is 1. The van der Waals surface area contributed by atoms with Gasteiger partial charge in [0.2, 0.25) is 5.89 Å². The Labute approximate surface area is 190 Å². The van der Waals surface area contributed by atoms with Crippen LogP contribution in [0.4, 0.5) is 19.3 Å². The lowest BCUT2D eigenvalue weighted by Crippen LogP contribution is -2.34. The van der Waals surface area contributed by atoms with Crippen molar-refractivity contribution in [2.75, 3.05) is 11.9 Å². The molecule has 1 aromatic heterocycles. The predicted octanol–water partition coefficient (Wildman–Crippen LogP) is 6.76. The van der Waals surface area contributed by atoms with E-state index in [1.54, 1.807) is 23.1 Å². The number of likely N-dealkylation sites (tertiary alicyclic amines) is 1. The second-order valence-electron chi connectivity index (χ2n) is 8.44. The van der Waals surface area contributed by atoms with Crippen LogP contribution in [0.5, 0.6) is 0 Å². The third kappa shape index (κ3) is 4.06. The van der Waals surface area contributed by atoms with Gasteiger partial charge in [-0.3, -0.25) is 0 Å². The van der Waals surface area contributed by atoms with Crippen molar-refractivity contribution in [3.8, 4) is 11.1 Å². The molecule has 0 saturated carbocycles. The minimum Gasteiger partial charge on any atom is -0.438 e. The van der Waals surface area contributed by atoms with E-state index in [0.29, 0.717) is 29.1 Å². The lowest BCUT2D eigenvalue weighted by atomic mass is 10.0. The fraction of sp³-hybridized carbons (Fsp3) is 0.231. The zero-order chi connectivity index (χ0) is 23.1. The number of nitrogens with zero attached hydrogens (tertiary/aromatic N) is 2. The number of nitrogens with one attached hydrogen (secondary N) is 1. The Balaban J connectivity index is 1.40. The third-order valence-corrected chi connectivity index (χ3v) is 6.20. The Morgan fingerprint density at radius 2 is 1.91 bits per heavy atom. The normalized spacial score (nSPS) is 15.9. The SMILES string of the molecule is Cc1ccc(NC(=O)N2CCC[C@@H]2c2nc3cc(-c4ccc(F)cc4F)ccc3o2)cc1C. The van der Waals surface area contributed by atoms with E-state index in [-0.39, 0.29) is 17.6 Å². The third-order valence-electron chi connectivity index (χ3n) is 6.20. The van der Waals surface area contributed by atoms with Crippen LogP contribution in [0.25, 0.3) is 22.2 Å². The number of hydrogen-bond acceptors (Lipinski definition) is 3. The summed E-state index contributed by atoms with van der Waals surface area (Å²) in [6, 6.07) is 14.0. The van der Waals surface area contributed by atoms with Crippen LogP contribution in [0.15, 0.2) is 59.0 Å². The number of carbonyl (C=O) groups excluding carboxylic acids is 1. The second kappa shape index (κ2) is 8.31. The first-order valence-electron chi connectivity index (χ1n) is 10.9. The smallest absolute Gasteiger partial charge is 0.322 e. The van der Waals surface area contributed by atoms with Crippen molar-refractivity contribution in [1.29, 1.82) is 0 Å². The minimum absolute atomic E-state index is 0.197. The summed E-state index contributed by atoms with van der Waals surface area (Å²) >= 11 is 0. The molecule has 1 aliphatic heterocycles. The number of rotatable bonds is 3. The summed E-state index contributed by atoms with van der Waals surface area (Å²) < 4.78 is 33.5. The van der Waals surface area contributed by atoms with Gasteiger partial charge in [-0.25, -0.2) is 18.6 Å². The van der Waals surface area contributed by atoms with Crippen LogP contribution < -0.4 is 5.32 Å². The molecule has 33 heavy (non-hydrogen) atoms. The quantitative estimate of drug-likeness (QED) is 0.378. The van der Waals surface area contributed by atoms with Crippen molar-refractivity contribution < 1.29 is 18.0 Å². The van der Waals surface area contributed by atoms with Gasteiger partial charge >= 0.3 is 6.03 Å². The Hall–Kier alpha value is -3.74. The highest BCUT2D eigenvalue weighted by molar-refractivity contribution is 5.90. The molecule has 1 atom stereocenters. The number of anilines is 1. The lowest BCUT2D eigenvalue weighted by Gasteiger charge is -2.22. The average Bonchev–Trinajstić information content (AvgIpc) is 3.42. The fourth-order valence-corrected chi connectivity index (χ4v) is 4.26. The van der Waals surface area contributed by atoms with E-state index in [2.05, 4.69) is 10.3 Å². The first-order valence-corrected chi connectivity index (χ1v) is 10.9. The van der Waals surface area contributed by atoms with Crippen molar-refractivity contribution in [1.82, 2.24) is 9.88 Å². The molecule has 1 N–H and O–H groups in total. The Bertz CT molecular complexity index is 1370. The summed E-state index contributed by atoms with van der Waals surface area (Å²) in [4.78, 5) is 19.3. The molecule has 1 fully saturated rings. The van der Waals surface area contributed by atoms with E-state index in [9.17, 15) is 13.6 Å². The molecule has 3 aromatic carbocycles. The van der Waals surface area contributed by atoms with Crippen LogP contribution in [0.3, 0.4) is 0 Å². The second-order valence-corrected chi connectivity index (χ2v) is 8.44. The van der Waals surface area contributed by atoms with Crippen LogP contribution >= 0.6 is 0 Å². The number of hydrogen-bond donors (Lipinski definition) is 1. The van der Waals surface area contributed by atoms with E-state index in [1.165, 1.54) is 17.7 Å². The van der Waals surface area contributed by atoms with Crippen molar-refractivity contribution in [2.45, 2.75) is 32.7 Å². The molecular weight excluding hydrogens is 424 g/mol. The van der Waals surface area contributed by atoms with Gasteiger partial charge in [-0.05, 0) is 79.8 Å². The van der Waals surface area contributed by atoms with Gasteiger partial charge < -0.3 is 14.6 Å². The monoisotopic (exact) mass is 447 g/mol. The molecule has 2 heterocycles. The molecule has 5 rings (SSSR count). The van der Waals surface area contributed by atoms with Crippen molar-refractivity contribution >= 4 is 22.8 Å². The molecule has 4 aromatic rings. The number of benzene rings is 3. The van der Waals surface area contributed by atoms with E-state index in [1.807, 2.05) is 32.0 Å². The predicted molar refractivity (Wildman–Crippen MR) is 123 cm³/mol. The maximum absolute atomic E-state index is 14.2. The Kier molecular flexibility index (Phi) is 5.32. The van der Waals surface area contributed by atoms with Crippen LogP contribution in [0, 0.1) is 25.5 Å². The summed E-state index contributed by atoms with van der Waals surface area (Å²) in [7, 11) is 0. The van der Waals surface area contributed by atoms with Crippen molar-refractivity contribution in [3.05, 3.63) is 83.2 Å². The topological polar surface area (TPSA) is 58.4 Å². The van der Waals surface area contributed by atoms with Gasteiger partial charge in [0.05, 0.1) is 0 Å². The number of aryl methyl sites for hydroxylation is 2. The molecule has 1 aliphatic rings. The average molecular weight is 447 g/mol. The van der Waals surface area contributed by atoms with Crippen LogP contribution in [0.2, 0.25) is 0 Å². The largest absolute Gasteiger partial charge is 0.438 e. The molecule has 1 saturated heterocycles. The van der Waals surface area contributed by atoms with E-state index >= 15 is 0 Å². The van der Waals surface area contributed by atoms with Crippen molar-refractivity contribution in [3.63, 3.8) is 0 Å². The van der Waals surface area contributed by atoms with E-state index in [0.717, 1.165) is 30.2 Å². The zero-order valence-corrected chi connectivity index (χ0v) is 18.4. The number of amides is 2. The van der Waals surface area contributed by atoms with E-state index < -0.39 is 11.6 Å². The van der Waals surface area contributed by atoms with Gasteiger partial charge in [0.1, 0.15) is 23.2 Å². The number of aromatic nitrogens is 1. The molecule has 0 spiro atoms. The maximum Gasteiger partial charge on any atom is 0.322 e. The molecule has 0 radical (unpaired) electrons. The Morgan fingerprint density at radius 3 is 2.70 bits per heavy atom. The number of oxazole rings is 1. The summed E-state index contributed by atoms with van der Waals surface area (Å²) in [6.45, 7) is 4.64. The van der Waals surface area contributed by atoms with Gasteiger partial charge in [-0.1, -0.05) is 12.1 Å². The highest BCUT2D eigenvalue weighted by atomic mass is 19.1. The van der Waals surface area contributed by atoms with E-state index in [4.69, 9.17) is 4.42 Å². The van der Waals surface area contributed by atoms with Gasteiger partial charge in [-0.2, -0.15) is 0 Å². The highest BCUT2D eigenvalue weighted by Gasteiger charge is 2.33. The number of halogens is 2. The molecule has 0 bridgehead atoms. The molecule has 5 nitrogen and oxygen atoms in total. The highest BCUT2D eigenvalue weighted by Crippen LogP contribution is 2.35. The van der Waals surface area contributed by atoms with Gasteiger partial charge in [0.15, 0.2) is 5.58 Å². The van der Waals surface area contributed by atoms with Gasteiger partial charge in [-0.15, -0.1) is 0 Å². The first-order chi connectivity index (χ1) is 15.9. The molecule has 2 amide bonds. The van der Waals surface area contributed by atoms with Crippen molar-refractivity contribution in [2.24, 2.45) is 0 Å². The zero-order valence-electron chi connectivity index (χ0n) is 18.4. The molecule has 0 aliphatic carbocycles. The lowest BCUT2D eigenvalue weighted by molar-refractivity contribution is 0.199. The van der Waals surface area contributed by atoms with Crippen LogP contribution in [-0.2, 0) is 0 Å². The molecule has 168 valence electrons. The standard InChI is InChI=1S/C26H23F2N3O2/c1-15-5-8-19(12-16(15)2)29-26(32)31-11-3-4-23(31)25-30-22-13-17(6-10-24(22)33-25)20-9-7-18(27)14-21(20)28/h5-10,12-14,23H,3-4,11H2,1-2H3,(H,29,32)/t23-/m1/s1. The summed E-state index contributed by atoms with van der Waals surface area (Å²) in [6.07, 6.45) is 1.59. The van der Waals surface area contributed by atoms with Crippen LogP contribution in [0.1, 0.15) is 35.9 Å². The summed E-state index contributed by atoms with van der Waals surface area (Å²) in [5.74, 6) is -0.807. The summed E-state index contributed by atoms with van der Waals surface area (Å²) in [5.41, 5.74) is 5.01. The Morgan fingerprint density at radius 1 is 1.06 bits per heavy atom. The number of fused-ring (bicyclic) bond motifs is 1.